The van der Waals surface area contributed by atoms with Crippen LogP contribution in [0.25, 0.3) is 0 Å². The van der Waals surface area contributed by atoms with E-state index in [1.807, 2.05) is 60.7 Å². The smallest absolute Gasteiger partial charge is 0.304 e. The molecule has 0 saturated heterocycles. The van der Waals surface area contributed by atoms with Crippen molar-refractivity contribution >= 4 is 5.97 Å². The van der Waals surface area contributed by atoms with Crippen LogP contribution in [0.3, 0.4) is 0 Å². The van der Waals surface area contributed by atoms with E-state index in [0.29, 0.717) is 17.9 Å². The summed E-state index contributed by atoms with van der Waals surface area (Å²) >= 11 is 0. The van der Waals surface area contributed by atoms with Gasteiger partial charge in [0, 0.05) is 15.6 Å². The summed E-state index contributed by atoms with van der Waals surface area (Å²) in [4.78, 5) is 11.6. The van der Waals surface area contributed by atoms with E-state index in [4.69, 9.17) is 8.85 Å². The minimum absolute atomic E-state index is 0.158. The second kappa shape index (κ2) is 8.34. The normalized spacial score (nSPS) is 13.9. The summed E-state index contributed by atoms with van der Waals surface area (Å²) in [7, 11) is 0. The van der Waals surface area contributed by atoms with E-state index in [9.17, 15) is 9.90 Å². The van der Waals surface area contributed by atoms with Crippen LogP contribution in [-0.4, -0.2) is 11.1 Å². The van der Waals surface area contributed by atoms with E-state index in [1.165, 1.54) is 6.07 Å². The topological polar surface area (TPSA) is 46.5 Å². The SMILES string of the molecule is [2H]C([2H])([2H])c1ccc(OCc2ccccc2)c([C@H](CC(=O)O)c2ccccc2)c1. The Morgan fingerprint density at radius 1 is 1.04 bits per heavy atom. The molecular weight excluding hydrogens is 324 g/mol. The molecule has 3 heteroatoms. The van der Waals surface area contributed by atoms with Gasteiger partial charge in [0.05, 0.1) is 6.42 Å². The maximum Gasteiger partial charge on any atom is 0.304 e. The standard InChI is InChI=1S/C23H22O3/c1-17-12-13-22(26-16-18-8-4-2-5-9-18)21(14-17)20(15-23(24)25)19-10-6-3-7-11-19/h2-14,20H,15-16H2,1H3,(H,24,25)/t20-/m1/s1/i1D3. The molecule has 0 aliphatic rings. The molecule has 0 saturated carbocycles. The highest BCUT2D eigenvalue weighted by atomic mass is 16.5. The molecule has 0 unspecified atom stereocenters. The lowest BCUT2D eigenvalue weighted by Crippen LogP contribution is -2.10. The van der Waals surface area contributed by atoms with Gasteiger partial charge in [0.1, 0.15) is 12.4 Å². The van der Waals surface area contributed by atoms with Gasteiger partial charge in [-0.1, -0.05) is 78.4 Å². The minimum Gasteiger partial charge on any atom is -0.489 e. The zero-order valence-corrected chi connectivity index (χ0v) is 14.3. The predicted molar refractivity (Wildman–Crippen MR) is 102 cm³/mol. The fraction of sp³-hybridized carbons (Fsp3) is 0.174. The highest BCUT2D eigenvalue weighted by Gasteiger charge is 2.21. The maximum atomic E-state index is 11.6. The van der Waals surface area contributed by atoms with Crippen LogP contribution in [0.4, 0.5) is 0 Å². The molecule has 0 bridgehead atoms. The molecule has 3 aromatic rings. The fourth-order valence-electron chi connectivity index (χ4n) is 2.95. The molecule has 0 aliphatic carbocycles. The molecular formula is C23H22O3. The minimum atomic E-state index is -2.29. The highest BCUT2D eigenvalue weighted by Crippen LogP contribution is 2.35. The zero-order valence-electron chi connectivity index (χ0n) is 17.3. The van der Waals surface area contributed by atoms with Crippen LogP contribution in [0.1, 0.15) is 38.7 Å². The van der Waals surface area contributed by atoms with Crippen molar-refractivity contribution in [2.75, 3.05) is 0 Å². The van der Waals surface area contributed by atoms with Crippen LogP contribution >= 0.6 is 0 Å². The first-order valence-corrected chi connectivity index (χ1v) is 8.42. The van der Waals surface area contributed by atoms with E-state index in [1.54, 1.807) is 12.1 Å². The van der Waals surface area contributed by atoms with Gasteiger partial charge >= 0.3 is 5.97 Å². The van der Waals surface area contributed by atoms with Gasteiger partial charge in [-0.25, -0.2) is 0 Å². The zero-order chi connectivity index (χ0) is 20.9. The Hall–Kier alpha value is -3.07. The number of hydrogen-bond donors (Lipinski definition) is 1. The van der Waals surface area contributed by atoms with Gasteiger partial charge in [-0.15, -0.1) is 0 Å². The van der Waals surface area contributed by atoms with Crippen molar-refractivity contribution in [3.05, 3.63) is 101 Å². The first-order valence-electron chi connectivity index (χ1n) is 9.92. The molecule has 1 N–H and O–H groups in total. The molecule has 3 rings (SSSR count). The second-order valence-corrected chi connectivity index (χ2v) is 6.09. The fourth-order valence-corrected chi connectivity index (χ4v) is 2.95. The summed E-state index contributed by atoms with van der Waals surface area (Å²) in [6.07, 6.45) is -0.170. The molecule has 0 aromatic heterocycles. The molecule has 0 aliphatic heterocycles. The quantitative estimate of drug-likeness (QED) is 0.639. The molecule has 132 valence electrons. The van der Waals surface area contributed by atoms with Gasteiger partial charge in [-0.3, -0.25) is 4.79 Å². The number of carbonyl (C=O) groups is 1. The van der Waals surface area contributed by atoms with E-state index < -0.39 is 18.7 Å². The van der Waals surface area contributed by atoms with Crippen LogP contribution in [0, 0.1) is 6.85 Å². The summed E-state index contributed by atoms with van der Waals surface area (Å²) in [5, 5.41) is 9.48. The van der Waals surface area contributed by atoms with Gasteiger partial charge in [-0.05, 0) is 24.0 Å². The first kappa shape index (κ1) is 14.1. The number of benzene rings is 3. The number of rotatable bonds is 7. The van der Waals surface area contributed by atoms with E-state index in [2.05, 4.69) is 0 Å². The molecule has 0 fully saturated rings. The van der Waals surface area contributed by atoms with E-state index in [-0.39, 0.29) is 12.0 Å². The highest BCUT2D eigenvalue weighted by molar-refractivity contribution is 5.69. The maximum absolute atomic E-state index is 11.6. The summed E-state index contributed by atoms with van der Waals surface area (Å²) in [5.74, 6) is -1.01. The molecule has 26 heavy (non-hydrogen) atoms. The van der Waals surface area contributed by atoms with Crippen LogP contribution in [-0.2, 0) is 11.4 Å². The van der Waals surface area contributed by atoms with Gasteiger partial charge in [0.25, 0.3) is 0 Å². The molecule has 3 aromatic carbocycles. The Bertz CT molecular complexity index is 954. The average molecular weight is 349 g/mol. The Morgan fingerprint density at radius 2 is 1.73 bits per heavy atom. The lowest BCUT2D eigenvalue weighted by molar-refractivity contribution is -0.137. The largest absolute Gasteiger partial charge is 0.489 e. The average Bonchev–Trinajstić information content (AvgIpc) is 2.71. The van der Waals surface area contributed by atoms with Gasteiger partial charge < -0.3 is 9.84 Å². The van der Waals surface area contributed by atoms with Crippen LogP contribution in [0.5, 0.6) is 5.75 Å². The van der Waals surface area contributed by atoms with Crippen LogP contribution < -0.4 is 4.74 Å². The molecule has 0 radical (unpaired) electrons. The van der Waals surface area contributed by atoms with Gasteiger partial charge in [0.2, 0.25) is 0 Å². The van der Waals surface area contributed by atoms with Gasteiger partial charge in [-0.2, -0.15) is 0 Å². The summed E-state index contributed by atoms with van der Waals surface area (Å²) in [5.41, 5.74) is 2.48. The number of carboxylic acids is 1. The predicted octanol–water partition coefficient (Wildman–Crippen LogP) is 5.18. The molecule has 0 heterocycles. The monoisotopic (exact) mass is 349 g/mol. The molecule has 0 amide bonds. The lowest BCUT2D eigenvalue weighted by atomic mass is 9.87. The van der Waals surface area contributed by atoms with Crippen molar-refractivity contribution in [2.24, 2.45) is 0 Å². The summed E-state index contributed by atoms with van der Waals surface area (Å²) < 4.78 is 29.2. The number of ether oxygens (including phenoxy) is 1. The Morgan fingerprint density at radius 3 is 2.38 bits per heavy atom. The third kappa shape index (κ3) is 4.51. The first-order chi connectivity index (χ1) is 13.8. The molecule has 3 nitrogen and oxygen atoms in total. The van der Waals surface area contributed by atoms with Gasteiger partial charge in [0.15, 0.2) is 0 Å². The van der Waals surface area contributed by atoms with Crippen molar-refractivity contribution in [1.29, 1.82) is 0 Å². The summed E-state index contributed by atoms with van der Waals surface area (Å²) in [6, 6.07) is 23.5. The second-order valence-electron chi connectivity index (χ2n) is 6.09. The van der Waals surface area contributed by atoms with Crippen molar-refractivity contribution in [1.82, 2.24) is 0 Å². The van der Waals surface area contributed by atoms with Crippen molar-refractivity contribution in [3.8, 4) is 5.75 Å². The third-order valence-corrected chi connectivity index (χ3v) is 4.20. The molecule has 0 spiro atoms. The molecule has 1 atom stereocenters. The number of hydrogen-bond acceptors (Lipinski definition) is 2. The van der Waals surface area contributed by atoms with E-state index in [0.717, 1.165) is 11.1 Å². The Balaban J connectivity index is 2.04. The Labute approximate surface area is 158 Å². The number of aryl methyl sites for hydroxylation is 1. The lowest BCUT2D eigenvalue weighted by Gasteiger charge is -2.20. The van der Waals surface area contributed by atoms with E-state index >= 15 is 0 Å². The third-order valence-electron chi connectivity index (χ3n) is 4.20. The van der Waals surface area contributed by atoms with Crippen LogP contribution in [0.15, 0.2) is 78.9 Å². The van der Waals surface area contributed by atoms with Crippen molar-refractivity contribution < 1.29 is 18.8 Å². The van der Waals surface area contributed by atoms with Crippen LogP contribution in [0.2, 0.25) is 0 Å². The summed E-state index contributed by atoms with van der Waals surface area (Å²) in [6.45, 7) is -1.99. The van der Waals surface area contributed by atoms with Crippen molar-refractivity contribution in [3.63, 3.8) is 0 Å². The van der Waals surface area contributed by atoms with Crippen molar-refractivity contribution in [2.45, 2.75) is 25.8 Å². The Kier molecular flexibility index (Phi) is 4.54. The number of aliphatic carboxylic acids is 1. The number of carboxylic acid groups (broad SMARTS) is 1.